The lowest BCUT2D eigenvalue weighted by molar-refractivity contribution is -0.141. The van der Waals surface area contributed by atoms with Crippen LogP contribution in [0.2, 0.25) is 0 Å². The van der Waals surface area contributed by atoms with E-state index in [-0.39, 0.29) is 24.0 Å². The third-order valence-electron chi connectivity index (χ3n) is 4.48. The van der Waals surface area contributed by atoms with Crippen LogP contribution in [-0.4, -0.2) is 48.5 Å². The van der Waals surface area contributed by atoms with Crippen LogP contribution in [0.3, 0.4) is 0 Å². The SMILES string of the molecule is C=N/C(=C\C(=N/C)c1ccc(C(F)(F)F)nc1)CNC(=O)[C@@H]1CCC(C)(C)N1. The minimum atomic E-state index is -4.50. The number of carbonyl (C=O) groups excluding carboxylic acids is 1. The van der Waals surface area contributed by atoms with Crippen molar-refractivity contribution in [1.29, 1.82) is 0 Å². The van der Waals surface area contributed by atoms with E-state index in [1.807, 2.05) is 13.8 Å². The fourth-order valence-corrected chi connectivity index (χ4v) is 2.92. The number of pyridine rings is 1. The molecule has 1 aromatic rings. The Balaban J connectivity index is 2.05. The molecule has 0 unspecified atom stereocenters. The summed E-state index contributed by atoms with van der Waals surface area (Å²) >= 11 is 0. The first kappa shape index (κ1) is 21.7. The van der Waals surface area contributed by atoms with Crippen molar-refractivity contribution in [1.82, 2.24) is 15.6 Å². The Labute approximate surface area is 162 Å². The largest absolute Gasteiger partial charge is 0.433 e. The number of aliphatic imine (C=N–C) groups is 2. The molecule has 1 fully saturated rings. The molecule has 6 nitrogen and oxygen atoms in total. The second-order valence-corrected chi connectivity index (χ2v) is 7.17. The molecule has 2 heterocycles. The molecule has 0 aliphatic carbocycles. The van der Waals surface area contributed by atoms with Crippen LogP contribution in [0.25, 0.3) is 0 Å². The monoisotopic (exact) mass is 395 g/mol. The molecule has 1 aromatic heterocycles. The molecular weight excluding hydrogens is 371 g/mol. The molecule has 1 amide bonds. The summed E-state index contributed by atoms with van der Waals surface area (Å²) in [5, 5.41) is 6.07. The van der Waals surface area contributed by atoms with Gasteiger partial charge in [-0.05, 0) is 51.6 Å². The van der Waals surface area contributed by atoms with E-state index < -0.39 is 11.9 Å². The van der Waals surface area contributed by atoms with Crippen molar-refractivity contribution in [3.63, 3.8) is 0 Å². The van der Waals surface area contributed by atoms with Gasteiger partial charge in [0, 0.05) is 24.3 Å². The molecule has 0 radical (unpaired) electrons. The van der Waals surface area contributed by atoms with Crippen LogP contribution in [0.15, 0.2) is 40.1 Å². The van der Waals surface area contributed by atoms with Crippen LogP contribution in [-0.2, 0) is 11.0 Å². The number of carbonyl (C=O) groups is 1. The molecular formula is C19H24F3N5O. The summed E-state index contributed by atoms with van der Waals surface area (Å²) in [6.07, 6.45) is -0.187. The number of alkyl halides is 3. The highest BCUT2D eigenvalue weighted by atomic mass is 19.4. The van der Waals surface area contributed by atoms with Crippen LogP contribution in [0.4, 0.5) is 13.2 Å². The van der Waals surface area contributed by atoms with Gasteiger partial charge in [-0.25, -0.2) is 0 Å². The molecule has 1 aliphatic heterocycles. The highest BCUT2D eigenvalue weighted by Gasteiger charge is 2.34. The summed E-state index contributed by atoms with van der Waals surface area (Å²) in [7, 11) is 1.51. The Morgan fingerprint density at radius 3 is 2.64 bits per heavy atom. The van der Waals surface area contributed by atoms with Gasteiger partial charge >= 0.3 is 6.18 Å². The average Bonchev–Trinajstić information content (AvgIpc) is 3.01. The lowest BCUT2D eigenvalue weighted by Gasteiger charge is -2.19. The summed E-state index contributed by atoms with van der Waals surface area (Å²) in [5.74, 6) is -0.133. The number of hydrogen-bond donors (Lipinski definition) is 2. The van der Waals surface area contributed by atoms with Crippen LogP contribution < -0.4 is 10.6 Å². The Morgan fingerprint density at radius 1 is 1.46 bits per heavy atom. The maximum atomic E-state index is 12.6. The van der Waals surface area contributed by atoms with E-state index in [0.29, 0.717) is 17.0 Å². The van der Waals surface area contributed by atoms with Gasteiger partial charge in [0.05, 0.1) is 24.0 Å². The molecule has 0 bridgehead atoms. The summed E-state index contributed by atoms with van der Waals surface area (Å²) in [6.45, 7) is 7.70. The van der Waals surface area contributed by atoms with E-state index >= 15 is 0 Å². The molecule has 9 heteroatoms. The summed E-state index contributed by atoms with van der Waals surface area (Å²) < 4.78 is 37.9. The number of halogens is 3. The van der Waals surface area contributed by atoms with Gasteiger partial charge in [-0.3, -0.25) is 19.8 Å². The first-order valence-electron chi connectivity index (χ1n) is 8.79. The quantitative estimate of drug-likeness (QED) is 0.727. The smallest absolute Gasteiger partial charge is 0.349 e. The number of allylic oxidation sites excluding steroid dienone is 1. The fraction of sp³-hybridized carbons (Fsp3) is 0.474. The third-order valence-corrected chi connectivity index (χ3v) is 4.48. The van der Waals surface area contributed by atoms with E-state index in [1.54, 1.807) is 6.08 Å². The minimum Gasteiger partial charge on any atom is -0.349 e. The van der Waals surface area contributed by atoms with Crippen molar-refractivity contribution in [2.75, 3.05) is 13.6 Å². The van der Waals surface area contributed by atoms with E-state index in [2.05, 4.69) is 32.3 Å². The molecule has 1 aliphatic rings. The van der Waals surface area contributed by atoms with Gasteiger partial charge in [-0.15, -0.1) is 0 Å². The standard InChI is InChI=1S/C19H24F3N5O/c1-18(2)8-7-14(27-18)17(28)26-11-13(23-3)9-15(24-4)12-5-6-16(25-10-12)19(20,21)22/h5-6,9-10,14,27H,3,7-8,11H2,1-2,4H3,(H,26,28)/b13-9-,24-15+/t14-/m0/s1. The first-order valence-corrected chi connectivity index (χ1v) is 8.79. The lowest BCUT2D eigenvalue weighted by Crippen LogP contribution is -2.46. The van der Waals surface area contributed by atoms with Crippen molar-refractivity contribution in [2.24, 2.45) is 9.98 Å². The molecule has 0 aromatic carbocycles. The van der Waals surface area contributed by atoms with Crippen molar-refractivity contribution >= 4 is 18.3 Å². The number of aromatic nitrogens is 1. The Bertz CT molecular complexity index is 782. The first-order chi connectivity index (χ1) is 13.1. The normalized spacial score (nSPS) is 20.1. The number of amides is 1. The molecule has 2 N–H and O–H groups in total. The molecule has 2 rings (SSSR count). The van der Waals surface area contributed by atoms with Crippen LogP contribution in [0.1, 0.15) is 37.9 Å². The summed E-state index contributed by atoms with van der Waals surface area (Å²) in [4.78, 5) is 23.7. The summed E-state index contributed by atoms with van der Waals surface area (Å²) in [5.41, 5.74) is 0.179. The van der Waals surface area contributed by atoms with Crippen molar-refractivity contribution in [2.45, 2.75) is 44.4 Å². The lowest BCUT2D eigenvalue weighted by atomic mass is 10.0. The van der Waals surface area contributed by atoms with Gasteiger partial charge in [0.2, 0.25) is 5.91 Å². The second-order valence-electron chi connectivity index (χ2n) is 7.17. The Morgan fingerprint density at radius 2 is 2.18 bits per heavy atom. The topological polar surface area (TPSA) is 78.7 Å². The molecule has 1 saturated heterocycles. The second kappa shape index (κ2) is 8.64. The van der Waals surface area contributed by atoms with Crippen molar-refractivity contribution in [3.8, 4) is 0 Å². The van der Waals surface area contributed by atoms with E-state index in [4.69, 9.17) is 0 Å². The average molecular weight is 395 g/mol. The predicted molar refractivity (Wildman–Crippen MR) is 103 cm³/mol. The van der Waals surface area contributed by atoms with Crippen LogP contribution >= 0.6 is 0 Å². The van der Waals surface area contributed by atoms with Gasteiger partial charge in [0.25, 0.3) is 0 Å². The van der Waals surface area contributed by atoms with E-state index in [1.165, 1.54) is 13.1 Å². The molecule has 152 valence electrons. The molecule has 28 heavy (non-hydrogen) atoms. The Kier molecular flexibility index (Phi) is 6.71. The third kappa shape index (κ3) is 5.72. The zero-order valence-electron chi connectivity index (χ0n) is 16.1. The predicted octanol–water partition coefficient (Wildman–Crippen LogP) is 2.75. The number of nitrogens with one attached hydrogen (secondary N) is 2. The van der Waals surface area contributed by atoms with Gasteiger partial charge in [0.15, 0.2) is 0 Å². The number of hydrogen-bond acceptors (Lipinski definition) is 5. The maximum Gasteiger partial charge on any atom is 0.433 e. The maximum absolute atomic E-state index is 12.6. The number of nitrogens with zero attached hydrogens (tertiary/aromatic N) is 3. The number of rotatable bonds is 6. The zero-order valence-corrected chi connectivity index (χ0v) is 16.1. The minimum absolute atomic E-state index is 0.0744. The molecule has 1 atom stereocenters. The molecule has 0 saturated carbocycles. The van der Waals surface area contributed by atoms with Gasteiger partial charge < -0.3 is 10.6 Å². The van der Waals surface area contributed by atoms with E-state index in [0.717, 1.165) is 25.1 Å². The van der Waals surface area contributed by atoms with Crippen molar-refractivity contribution < 1.29 is 18.0 Å². The fourth-order valence-electron chi connectivity index (χ4n) is 2.92. The highest BCUT2D eigenvalue weighted by molar-refractivity contribution is 6.08. The van der Waals surface area contributed by atoms with Gasteiger partial charge in [-0.2, -0.15) is 13.2 Å². The summed E-state index contributed by atoms with van der Waals surface area (Å²) in [6, 6.07) is 1.92. The van der Waals surface area contributed by atoms with Crippen LogP contribution in [0.5, 0.6) is 0 Å². The van der Waals surface area contributed by atoms with Gasteiger partial charge in [0.1, 0.15) is 5.69 Å². The molecule has 0 spiro atoms. The highest BCUT2D eigenvalue weighted by Crippen LogP contribution is 2.27. The zero-order chi connectivity index (χ0) is 20.9. The van der Waals surface area contributed by atoms with Crippen molar-refractivity contribution in [3.05, 3.63) is 41.4 Å². The van der Waals surface area contributed by atoms with E-state index in [9.17, 15) is 18.0 Å². The van der Waals surface area contributed by atoms with Crippen LogP contribution in [0, 0.1) is 0 Å². The van der Waals surface area contributed by atoms with Gasteiger partial charge in [-0.1, -0.05) is 0 Å². The Hall–Kier alpha value is -2.55.